The Labute approximate surface area is 117 Å². The fourth-order valence-corrected chi connectivity index (χ4v) is 3.02. The number of hydrogen-bond acceptors (Lipinski definition) is 4. The molecule has 0 heterocycles. The first-order chi connectivity index (χ1) is 9.21. The highest BCUT2D eigenvalue weighted by Gasteiger charge is 2.29. The summed E-state index contributed by atoms with van der Waals surface area (Å²) in [6.07, 6.45) is 5.28. The number of nitrogens with zero attached hydrogens (tertiary/aromatic N) is 1. The van der Waals surface area contributed by atoms with E-state index in [9.17, 15) is 4.79 Å². The van der Waals surface area contributed by atoms with E-state index < -0.39 is 0 Å². The van der Waals surface area contributed by atoms with Crippen LogP contribution in [0.2, 0.25) is 0 Å². The molecule has 1 rings (SSSR count). The molecule has 0 aromatic carbocycles. The SMILES string of the molecule is CCCC1CCC(=O)C(CN(CCO)CCOC)C1. The van der Waals surface area contributed by atoms with Crippen molar-refractivity contribution in [2.75, 3.05) is 40.0 Å². The molecule has 2 unspecified atom stereocenters. The fourth-order valence-electron chi connectivity index (χ4n) is 3.02. The molecule has 112 valence electrons. The first kappa shape index (κ1) is 16.6. The van der Waals surface area contributed by atoms with Gasteiger partial charge in [0.1, 0.15) is 5.78 Å². The van der Waals surface area contributed by atoms with Gasteiger partial charge in [-0.2, -0.15) is 0 Å². The van der Waals surface area contributed by atoms with Gasteiger partial charge in [0.15, 0.2) is 0 Å². The van der Waals surface area contributed by atoms with Crippen molar-refractivity contribution in [3.05, 3.63) is 0 Å². The van der Waals surface area contributed by atoms with Gasteiger partial charge >= 0.3 is 0 Å². The average molecular weight is 271 g/mol. The molecule has 0 aromatic rings. The lowest BCUT2D eigenvalue weighted by Gasteiger charge is -2.32. The summed E-state index contributed by atoms with van der Waals surface area (Å²) in [5.74, 6) is 1.28. The molecule has 4 heteroatoms. The van der Waals surface area contributed by atoms with Crippen molar-refractivity contribution < 1.29 is 14.6 Å². The lowest BCUT2D eigenvalue weighted by atomic mass is 9.78. The second-order valence-electron chi connectivity index (χ2n) is 5.61. The number of carbonyl (C=O) groups excluding carboxylic acids is 1. The van der Waals surface area contributed by atoms with Gasteiger partial charge in [-0.1, -0.05) is 19.8 Å². The molecule has 1 saturated carbocycles. The Morgan fingerprint density at radius 2 is 2.21 bits per heavy atom. The van der Waals surface area contributed by atoms with Crippen molar-refractivity contribution >= 4 is 5.78 Å². The van der Waals surface area contributed by atoms with E-state index in [2.05, 4.69) is 11.8 Å². The zero-order chi connectivity index (χ0) is 14.1. The highest BCUT2D eigenvalue weighted by molar-refractivity contribution is 5.81. The smallest absolute Gasteiger partial charge is 0.137 e. The Bertz CT molecular complexity index is 258. The summed E-state index contributed by atoms with van der Waals surface area (Å²) < 4.78 is 5.09. The Hall–Kier alpha value is -0.450. The van der Waals surface area contributed by atoms with Crippen LogP contribution in [0.15, 0.2) is 0 Å². The third-order valence-corrected chi connectivity index (χ3v) is 4.08. The largest absolute Gasteiger partial charge is 0.395 e. The van der Waals surface area contributed by atoms with Gasteiger partial charge in [-0.3, -0.25) is 9.69 Å². The number of rotatable bonds is 9. The molecule has 0 aromatic heterocycles. The van der Waals surface area contributed by atoms with E-state index >= 15 is 0 Å². The minimum Gasteiger partial charge on any atom is -0.395 e. The molecule has 0 spiro atoms. The Balaban J connectivity index is 2.47. The molecule has 1 aliphatic rings. The molecular weight excluding hydrogens is 242 g/mol. The third kappa shape index (κ3) is 6.02. The van der Waals surface area contributed by atoms with Gasteiger partial charge in [0, 0.05) is 39.1 Å². The molecule has 1 aliphatic carbocycles. The highest BCUT2D eigenvalue weighted by atomic mass is 16.5. The zero-order valence-corrected chi connectivity index (χ0v) is 12.4. The van der Waals surface area contributed by atoms with Crippen LogP contribution in [0.4, 0.5) is 0 Å². The molecule has 0 bridgehead atoms. The second-order valence-corrected chi connectivity index (χ2v) is 5.61. The van der Waals surface area contributed by atoms with Gasteiger partial charge < -0.3 is 9.84 Å². The van der Waals surface area contributed by atoms with Gasteiger partial charge in [-0.25, -0.2) is 0 Å². The van der Waals surface area contributed by atoms with Crippen molar-refractivity contribution in [2.45, 2.75) is 39.0 Å². The summed E-state index contributed by atoms with van der Waals surface area (Å²) in [6.45, 7) is 5.21. The number of hydrogen-bond donors (Lipinski definition) is 1. The molecule has 0 saturated heterocycles. The van der Waals surface area contributed by atoms with Gasteiger partial charge in [0.05, 0.1) is 13.2 Å². The lowest BCUT2D eigenvalue weighted by molar-refractivity contribution is -0.126. The number of ether oxygens (including phenoxy) is 1. The van der Waals surface area contributed by atoms with Crippen LogP contribution in [0.5, 0.6) is 0 Å². The summed E-state index contributed by atoms with van der Waals surface area (Å²) in [5, 5.41) is 9.10. The maximum Gasteiger partial charge on any atom is 0.137 e. The minimum absolute atomic E-state index is 0.142. The van der Waals surface area contributed by atoms with E-state index in [0.29, 0.717) is 24.9 Å². The molecule has 4 nitrogen and oxygen atoms in total. The van der Waals surface area contributed by atoms with Gasteiger partial charge in [0.2, 0.25) is 0 Å². The van der Waals surface area contributed by atoms with Crippen molar-refractivity contribution in [2.24, 2.45) is 11.8 Å². The van der Waals surface area contributed by atoms with Crippen LogP contribution in [0, 0.1) is 11.8 Å². The maximum absolute atomic E-state index is 12.0. The summed E-state index contributed by atoms with van der Waals surface area (Å²) in [6, 6.07) is 0. The van der Waals surface area contributed by atoms with Crippen LogP contribution in [0.3, 0.4) is 0 Å². The number of methoxy groups -OCH3 is 1. The summed E-state index contributed by atoms with van der Waals surface area (Å²) in [7, 11) is 1.68. The summed E-state index contributed by atoms with van der Waals surface area (Å²) in [4.78, 5) is 14.2. The van der Waals surface area contributed by atoms with E-state index in [1.54, 1.807) is 7.11 Å². The number of Topliss-reactive ketones (excluding diaryl/α,β-unsaturated/α-hetero) is 1. The van der Waals surface area contributed by atoms with E-state index in [4.69, 9.17) is 9.84 Å². The first-order valence-corrected chi connectivity index (χ1v) is 7.56. The van der Waals surface area contributed by atoms with Gasteiger partial charge in [-0.05, 0) is 18.8 Å². The molecular formula is C15H29NO3. The van der Waals surface area contributed by atoms with Crippen molar-refractivity contribution in [3.63, 3.8) is 0 Å². The quantitative estimate of drug-likeness (QED) is 0.693. The van der Waals surface area contributed by atoms with Crippen LogP contribution in [0.25, 0.3) is 0 Å². The Morgan fingerprint density at radius 3 is 2.84 bits per heavy atom. The molecule has 1 N–H and O–H groups in total. The van der Waals surface area contributed by atoms with Crippen LogP contribution >= 0.6 is 0 Å². The van der Waals surface area contributed by atoms with E-state index in [1.807, 2.05) is 0 Å². The zero-order valence-electron chi connectivity index (χ0n) is 12.4. The standard InChI is InChI=1S/C15H29NO3/c1-3-4-13-5-6-15(18)14(11-13)12-16(7-9-17)8-10-19-2/h13-14,17H,3-12H2,1-2H3. The first-order valence-electron chi connectivity index (χ1n) is 7.56. The number of carbonyl (C=O) groups is 1. The Morgan fingerprint density at radius 1 is 1.42 bits per heavy atom. The predicted octanol–water partition coefficient (Wildman–Crippen LogP) is 1.71. The maximum atomic E-state index is 12.0. The topological polar surface area (TPSA) is 49.8 Å². The third-order valence-electron chi connectivity index (χ3n) is 4.08. The minimum atomic E-state index is 0.142. The van der Waals surface area contributed by atoms with Gasteiger partial charge in [-0.15, -0.1) is 0 Å². The van der Waals surface area contributed by atoms with Crippen LogP contribution in [-0.2, 0) is 9.53 Å². The van der Waals surface area contributed by atoms with Crippen molar-refractivity contribution in [1.29, 1.82) is 0 Å². The van der Waals surface area contributed by atoms with Crippen molar-refractivity contribution in [1.82, 2.24) is 4.90 Å². The number of aliphatic hydroxyl groups is 1. The Kier molecular flexibility index (Phi) is 8.26. The van der Waals surface area contributed by atoms with E-state index in [-0.39, 0.29) is 12.5 Å². The molecule has 2 atom stereocenters. The highest BCUT2D eigenvalue weighted by Crippen LogP contribution is 2.30. The van der Waals surface area contributed by atoms with E-state index in [0.717, 1.165) is 32.4 Å². The van der Waals surface area contributed by atoms with E-state index in [1.165, 1.54) is 12.8 Å². The lowest BCUT2D eigenvalue weighted by Crippen LogP contribution is -2.39. The number of aliphatic hydroxyl groups excluding tert-OH is 1. The molecule has 0 amide bonds. The number of ketones is 1. The average Bonchev–Trinajstić information content (AvgIpc) is 2.40. The van der Waals surface area contributed by atoms with Crippen LogP contribution in [0.1, 0.15) is 39.0 Å². The van der Waals surface area contributed by atoms with Gasteiger partial charge in [0.25, 0.3) is 0 Å². The molecule has 1 fully saturated rings. The van der Waals surface area contributed by atoms with Crippen LogP contribution in [-0.4, -0.2) is 55.7 Å². The van der Waals surface area contributed by atoms with Crippen LogP contribution < -0.4 is 0 Å². The predicted molar refractivity (Wildman–Crippen MR) is 76.1 cm³/mol. The van der Waals surface area contributed by atoms with Crippen molar-refractivity contribution in [3.8, 4) is 0 Å². The molecule has 0 radical (unpaired) electrons. The summed E-state index contributed by atoms with van der Waals surface area (Å²) >= 11 is 0. The normalized spacial score (nSPS) is 24.1. The second kappa shape index (κ2) is 9.45. The molecule has 0 aliphatic heterocycles. The summed E-state index contributed by atoms with van der Waals surface area (Å²) in [5.41, 5.74) is 0. The molecule has 19 heavy (non-hydrogen) atoms. The fraction of sp³-hybridized carbons (Fsp3) is 0.933. The monoisotopic (exact) mass is 271 g/mol.